The molecule has 0 spiro atoms. The van der Waals surface area contributed by atoms with Crippen molar-refractivity contribution in [3.63, 3.8) is 0 Å². The Balaban J connectivity index is 1.61. The summed E-state index contributed by atoms with van der Waals surface area (Å²) in [7, 11) is 0. The molecule has 3 rings (SSSR count). The number of aromatic nitrogens is 1. The third-order valence-electron chi connectivity index (χ3n) is 3.73. The summed E-state index contributed by atoms with van der Waals surface area (Å²) in [6.07, 6.45) is 3.98. The quantitative estimate of drug-likeness (QED) is 0.853. The van der Waals surface area contributed by atoms with E-state index in [4.69, 9.17) is 5.73 Å². The van der Waals surface area contributed by atoms with Crippen LogP contribution in [-0.2, 0) is 19.4 Å². The van der Waals surface area contributed by atoms with Crippen LogP contribution in [0, 0.1) is 0 Å². The maximum absolute atomic E-state index is 5.83. The third kappa shape index (κ3) is 2.93. The van der Waals surface area contributed by atoms with E-state index in [0.717, 1.165) is 38.2 Å². The summed E-state index contributed by atoms with van der Waals surface area (Å²) in [5.41, 5.74) is 10.7. The Kier molecular flexibility index (Phi) is 3.47. The first kappa shape index (κ1) is 12.2. The standard InChI is InChI=1S/C16H19N3/c17-15-5-4-14-12-19(9-6-13(14)11-15)10-7-16-3-1-2-8-18-16/h1-5,8,11H,6-7,9-10,12,17H2. The van der Waals surface area contributed by atoms with Crippen LogP contribution in [0.3, 0.4) is 0 Å². The van der Waals surface area contributed by atoms with Gasteiger partial charge in [0.2, 0.25) is 0 Å². The number of nitrogens with two attached hydrogens (primary N) is 1. The van der Waals surface area contributed by atoms with E-state index in [0.29, 0.717) is 0 Å². The number of hydrogen-bond donors (Lipinski definition) is 1. The molecule has 2 heterocycles. The van der Waals surface area contributed by atoms with E-state index in [9.17, 15) is 0 Å². The number of pyridine rings is 1. The molecule has 0 unspecified atom stereocenters. The zero-order valence-electron chi connectivity index (χ0n) is 11.0. The zero-order chi connectivity index (χ0) is 13.1. The van der Waals surface area contributed by atoms with Crippen molar-refractivity contribution >= 4 is 5.69 Å². The number of anilines is 1. The Morgan fingerprint density at radius 2 is 2.11 bits per heavy atom. The van der Waals surface area contributed by atoms with Gasteiger partial charge >= 0.3 is 0 Å². The highest BCUT2D eigenvalue weighted by Crippen LogP contribution is 2.21. The van der Waals surface area contributed by atoms with Crippen molar-refractivity contribution in [3.8, 4) is 0 Å². The predicted molar refractivity (Wildman–Crippen MR) is 77.8 cm³/mol. The SMILES string of the molecule is Nc1ccc2c(c1)CCN(CCc1ccccn1)C2. The predicted octanol–water partition coefficient (Wildman–Crippen LogP) is 2.26. The molecule has 0 saturated heterocycles. The first-order valence-corrected chi connectivity index (χ1v) is 6.81. The van der Waals surface area contributed by atoms with Crippen LogP contribution in [0.15, 0.2) is 42.6 Å². The Hall–Kier alpha value is -1.87. The van der Waals surface area contributed by atoms with Crippen LogP contribution in [0.4, 0.5) is 5.69 Å². The highest BCUT2D eigenvalue weighted by molar-refractivity contribution is 5.45. The van der Waals surface area contributed by atoms with Crippen molar-refractivity contribution in [2.24, 2.45) is 0 Å². The minimum Gasteiger partial charge on any atom is -0.399 e. The van der Waals surface area contributed by atoms with Gasteiger partial charge in [-0.25, -0.2) is 0 Å². The van der Waals surface area contributed by atoms with Crippen LogP contribution in [0.1, 0.15) is 16.8 Å². The molecule has 98 valence electrons. The lowest BCUT2D eigenvalue weighted by atomic mass is 9.99. The maximum Gasteiger partial charge on any atom is 0.0416 e. The van der Waals surface area contributed by atoms with Gasteiger partial charge in [0.15, 0.2) is 0 Å². The molecule has 2 N–H and O–H groups in total. The number of hydrogen-bond acceptors (Lipinski definition) is 3. The van der Waals surface area contributed by atoms with Gasteiger partial charge in [0, 0.05) is 43.6 Å². The molecule has 0 atom stereocenters. The van der Waals surface area contributed by atoms with Crippen LogP contribution in [0.2, 0.25) is 0 Å². The first-order chi connectivity index (χ1) is 9.31. The highest BCUT2D eigenvalue weighted by atomic mass is 15.1. The van der Waals surface area contributed by atoms with Crippen molar-refractivity contribution in [1.29, 1.82) is 0 Å². The molecule has 1 aliphatic heterocycles. The molecule has 0 amide bonds. The van der Waals surface area contributed by atoms with Gasteiger partial charge < -0.3 is 5.73 Å². The fraction of sp³-hybridized carbons (Fsp3) is 0.312. The molecule has 1 aliphatic rings. The van der Waals surface area contributed by atoms with Crippen LogP contribution in [0.25, 0.3) is 0 Å². The van der Waals surface area contributed by atoms with Gasteiger partial charge in [0.1, 0.15) is 0 Å². The first-order valence-electron chi connectivity index (χ1n) is 6.81. The number of nitrogen functional groups attached to an aromatic ring is 1. The second kappa shape index (κ2) is 5.41. The van der Waals surface area contributed by atoms with Gasteiger partial charge in [-0.05, 0) is 41.8 Å². The van der Waals surface area contributed by atoms with E-state index < -0.39 is 0 Å². The summed E-state index contributed by atoms with van der Waals surface area (Å²) in [4.78, 5) is 6.87. The summed E-state index contributed by atoms with van der Waals surface area (Å²) in [6.45, 7) is 3.21. The summed E-state index contributed by atoms with van der Waals surface area (Å²) in [6, 6.07) is 12.4. The van der Waals surface area contributed by atoms with E-state index in [1.54, 1.807) is 0 Å². The minimum atomic E-state index is 0.876. The van der Waals surface area contributed by atoms with E-state index in [2.05, 4.69) is 34.1 Å². The molecule has 3 nitrogen and oxygen atoms in total. The smallest absolute Gasteiger partial charge is 0.0416 e. The molecule has 0 bridgehead atoms. The Bertz CT molecular complexity index is 551. The van der Waals surface area contributed by atoms with Crippen molar-refractivity contribution < 1.29 is 0 Å². The average Bonchev–Trinajstić information content (AvgIpc) is 2.46. The highest BCUT2D eigenvalue weighted by Gasteiger charge is 2.15. The second-order valence-corrected chi connectivity index (χ2v) is 5.13. The van der Waals surface area contributed by atoms with Crippen molar-refractivity contribution in [3.05, 3.63) is 59.4 Å². The molecule has 1 aromatic carbocycles. The lowest BCUT2D eigenvalue weighted by Crippen LogP contribution is -2.32. The van der Waals surface area contributed by atoms with Crippen LogP contribution < -0.4 is 5.73 Å². The molecule has 3 heteroatoms. The Labute approximate surface area is 114 Å². The molecular formula is C16H19N3. The Morgan fingerprint density at radius 3 is 2.95 bits per heavy atom. The molecule has 0 fully saturated rings. The zero-order valence-corrected chi connectivity index (χ0v) is 11.0. The van der Waals surface area contributed by atoms with Gasteiger partial charge in [0.25, 0.3) is 0 Å². The minimum absolute atomic E-state index is 0.876. The van der Waals surface area contributed by atoms with Gasteiger partial charge in [0.05, 0.1) is 0 Å². The topological polar surface area (TPSA) is 42.1 Å². The number of benzene rings is 1. The fourth-order valence-electron chi connectivity index (χ4n) is 2.64. The van der Waals surface area contributed by atoms with Gasteiger partial charge in [-0.3, -0.25) is 9.88 Å². The van der Waals surface area contributed by atoms with E-state index in [-0.39, 0.29) is 0 Å². The van der Waals surface area contributed by atoms with Crippen LogP contribution >= 0.6 is 0 Å². The van der Waals surface area contributed by atoms with Crippen LogP contribution in [-0.4, -0.2) is 23.0 Å². The lowest BCUT2D eigenvalue weighted by Gasteiger charge is -2.28. The normalized spacial score (nSPS) is 15.2. The lowest BCUT2D eigenvalue weighted by molar-refractivity contribution is 0.256. The maximum atomic E-state index is 5.83. The third-order valence-corrected chi connectivity index (χ3v) is 3.73. The molecule has 0 aliphatic carbocycles. The number of fused-ring (bicyclic) bond motifs is 1. The summed E-state index contributed by atoms with van der Waals surface area (Å²) in [5.74, 6) is 0. The molecular weight excluding hydrogens is 234 g/mol. The fourth-order valence-corrected chi connectivity index (χ4v) is 2.64. The van der Waals surface area contributed by atoms with Crippen molar-refractivity contribution in [2.45, 2.75) is 19.4 Å². The summed E-state index contributed by atoms with van der Waals surface area (Å²) >= 11 is 0. The van der Waals surface area contributed by atoms with Gasteiger partial charge in [-0.2, -0.15) is 0 Å². The molecule has 0 saturated carbocycles. The molecule has 2 aromatic rings. The van der Waals surface area contributed by atoms with E-state index in [1.807, 2.05) is 18.3 Å². The summed E-state index contributed by atoms with van der Waals surface area (Å²) in [5, 5.41) is 0. The Morgan fingerprint density at radius 1 is 1.16 bits per heavy atom. The molecule has 1 aromatic heterocycles. The molecule has 19 heavy (non-hydrogen) atoms. The molecule has 0 radical (unpaired) electrons. The van der Waals surface area contributed by atoms with E-state index >= 15 is 0 Å². The van der Waals surface area contributed by atoms with Crippen molar-refractivity contribution in [1.82, 2.24) is 9.88 Å². The van der Waals surface area contributed by atoms with Gasteiger partial charge in [-0.15, -0.1) is 0 Å². The van der Waals surface area contributed by atoms with Gasteiger partial charge in [-0.1, -0.05) is 12.1 Å². The monoisotopic (exact) mass is 253 g/mol. The average molecular weight is 253 g/mol. The van der Waals surface area contributed by atoms with Crippen molar-refractivity contribution in [2.75, 3.05) is 18.8 Å². The largest absolute Gasteiger partial charge is 0.399 e. The summed E-state index contributed by atoms with van der Waals surface area (Å²) < 4.78 is 0. The van der Waals surface area contributed by atoms with E-state index in [1.165, 1.54) is 16.8 Å². The second-order valence-electron chi connectivity index (χ2n) is 5.13. The van der Waals surface area contributed by atoms with Crippen LogP contribution in [0.5, 0.6) is 0 Å². The number of rotatable bonds is 3. The number of nitrogens with zero attached hydrogens (tertiary/aromatic N) is 2.